The van der Waals surface area contributed by atoms with E-state index in [0.29, 0.717) is 17.8 Å². The van der Waals surface area contributed by atoms with Crippen LogP contribution in [0.15, 0.2) is 29.3 Å². The topological polar surface area (TPSA) is 61.9 Å². The lowest BCUT2D eigenvalue weighted by molar-refractivity contribution is 0.337. The van der Waals surface area contributed by atoms with E-state index in [9.17, 15) is 5.11 Å². The summed E-state index contributed by atoms with van der Waals surface area (Å²) in [6.45, 7) is 0.729. The van der Waals surface area contributed by atoms with E-state index in [-0.39, 0.29) is 6.04 Å². The van der Waals surface area contributed by atoms with Gasteiger partial charge in [0, 0.05) is 6.04 Å². The standard InChI is InChI=1S/C12H15N3O/c13-12-14-7-11(15(12)9-3-4-9)8-1-5-10(16)6-2-8/h1-2,5-6,9,11,16H,3-4,7H2,(H2,13,14). The predicted molar refractivity (Wildman–Crippen MR) is 62.2 cm³/mol. The van der Waals surface area contributed by atoms with Crippen molar-refractivity contribution < 1.29 is 5.11 Å². The van der Waals surface area contributed by atoms with Crippen LogP contribution in [-0.2, 0) is 0 Å². The summed E-state index contributed by atoms with van der Waals surface area (Å²) in [5.41, 5.74) is 7.08. The van der Waals surface area contributed by atoms with Gasteiger partial charge in [0.15, 0.2) is 5.96 Å². The first kappa shape index (κ1) is 9.51. The molecule has 0 bridgehead atoms. The molecule has 3 rings (SSSR count). The number of aromatic hydroxyl groups is 1. The summed E-state index contributed by atoms with van der Waals surface area (Å²) in [5, 5.41) is 9.27. The van der Waals surface area contributed by atoms with Crippen molar-refractivity contribution >= 4 is 5.96 Å². The molecule has 4 nitrogen and oxygen atoms in total. The van der Waals surface area contributed by atoms with Gasteiger partial charge in [-0.1, -0.05) is 12.1 Å². The first-order valence-electron chi connectivity index (χ1n) is 5.63. The molecule has 0 amide bonds. The van der Waals surface area contributed by atoms with Gasteiger partial charge in [-0.05, 0) is 30.5 Å². The fourth-order valence-electron chi connectivity index (χ4n) is 2.27. The van der Waals surface area contributed by atoms with E-state index >= 15 is 0 Å². The van der Waals surface area contributed by atoms with Crippen molar-refractivity contribution in [2.24, 2.45) is 10.7 Å². The van der Waals surface area contributed by atoms with Crippen LogP contribution in [0.1, 0.15) is 24.4 Å². The monoisotopic (exact) mass is 217 g/mol. The maximum Gasteiger partial charge on any atom is 0.192 e. The van der Waals surface area contributed by atoms with Gasteiger partial charge in [0.2, 0.25) is 0 Å². The highest BCUT2D eigenvalue weighted by Gasteiger charge is 2.38. The minimum absolute atomic E-state index is 0.257. The Balaban J connectivity index is 1.87. The Kier molecular flexibility index (Phi) is 2.02. The number of benzene rings is 1. The van der Waals surface area contributed by atoms with Gasteiger partial charge in [0.1, 0.15) is 5.75 Å². The van der Waals surface area contributed by atoms with Gasteiger partial charge in [-0.2, -0.15) is 0 Å². The molecule has 16 heavy (non-hydrogen) atoms. The highest BCUT2D eigenvalue weighted by molar-refractivity contribution is 5.81. The second-order valence-electron chi connectivity index (χ2n) is 4.44. The molecule has 3 N–H and O–H groups in total. The minimum Gasteiger partial charge on any atom is -0.508 e. The summed E-state index contributed by atoms with van der Waals surface area (Å²) in [4.78, 5) is 6.53. The highest BCUT2D eigenvalue weighted by atomic mass is 16.3. The molecular formula is C12H15N3O. The molecule has 0 spiro atoms. The molecule has 0 saturated heterocycles. The van der Waals surface area contributed by atoms with Gasteiger partial charge in [-0.15, -0.1) is 0 Å². The fraction of sp³-hybridized carbons (Fsp3) is 0.417. The molecule has 2 aliphatic rings. The normalized spacial score (nSPS) is 24.6. The number of phenolic OH excluding ortho intramolecular Hbond substituents is 1. The molecule has 1 heterocycles. The van der Waals surface area contributed by atoms with Crippen LogP contribution in [0, 0.1) is 0 Å². The third-order valence-corrected chi connectivity index (χ3v) is 3.24. The van der Waals surface area contributed by atoms with Crippen LogP contribution < -0.4 is 5.73 Å². The smallest absolute Gasteiger partial charge is 0.192 e. The zero-order chi connectivity index (χ0) is 11.1. The van der Waals surface area contributed by atoms with E-state index in [0.717, 1.165) is 6.54 Å². The van der Waals surface area contributed by atoms with E-state index in [1.54, 1.807) is 12.1 Å². The van der Waals surface area contributed by atoms with Crippen LogP contribution in [-0.4, -0.2) is 28.6 Å². The zero-order valence-corrected chi connectivity index (χ0v) is 9.00. The summed E-state index contributed by atoms with van der Waals surface area (Å²) in [5.74, 6) is 0.967. The van der Waals surface area contributed by atoms with Crippen LogP contribution >= 0.6 is 0 Å². The van der Waals surface area contributed by atoms with Gasteiger partial charge in [0.05, 0.1) is 12.6 Å². The lowest BCUT2D eigenvalue weighted by atomic mass is 10.1. The molecule has 1 aromatic carbocycles. The maximum absolute atomic E-state index is 9.27. The van der Waals surface area contributed by atoms with E-state index in [4.69, 9.17) is 5.73 Å². The molecule has 84 valence electrons. The van der Waals surface area contributed by atoms with Crippen molar-refractivity contribution in [3.05, 3.63) is 29.8 Å². The summed E-state index contributed by atoms with van der Waals surface area (Å²) in [6, 6.07) is 8.16. The molecule has 1 fully saturated rings. The average molecular weight is 217 g/mol. The minimum atomic E-state index is 0.257. The number of guanidine groups is 1. The number of nitrogens with zero attached hydrogens (tertiary/aromatic N) is 2. The van der Waals surface area contributed by atoms with Crippen molar-refractivity contribution in [1.82, 2.24) is 4.90 Å². The average Bonchev–Trinajstić information content (AvgIpc) is 3.04. The van der Waals surface area contributed by atoms with E-state index in [1.807, 2.05) is 12.1 Å². The van der Waals surface area contributed by atoms with Gasteiger partial charge >= 0.3 is 0 Å². The molecule has 0 aromatic heterocycles. The Morgan fingerprint density at radius 2 is 1.94 bits per heavy atom. The van der Waals surface area contributed by atoms with Gasteiger partial charge in [0.25, 0.3) is 0 Å². The fourth-order valence-corrected chi connectivity index (χ4v) is 2.27. The number of rotatable bonds is 2. The van der Waals surface area contributed by atoms with Gasteiger partial charge in [-0.25, -0.2) is 0 Å². The zero-order valence-electron chi connectivity index (χ0n) is 9.00. The van der Waals surface area contributed by atoms with Crippen molar-refractivity contribution in [2.75, 3.05) is 6.54 Å². The molecule has 1 aliphatic carbocycles. The van der Waals surface area contributed by atoms with Crippen LogP contribution in [0.4, 0.5) is 0 Å². The molecule has 0 radical (unpaired) electrons. The number of nitrogens with two attached hydrogens (primary N) is 1. The molecule has 1 aliphatic heterocycles. The summed E-state index contributed by atoms with van der Waals surface area (Å²) >= 11 is 0. The summed E-state index contributed by atoms with van der Waals surface area (Å²) in [6.07, 6.45) is 2.43. The van der Waals surface area contributed by atoms with Crippen molar-refractivity contribution in [2.45, 2.75) is 24.9 Å². The first-order chi connectivity index (χ1) is 7.75. The van der Waals surface area contributed by atoms with E-state index in [2.05, 4.69) is 9.89 Å². The first-order valence-corrected chi connectivity index (χ1v) is 5.63. The Morgan fingerprint density at radius 1 is 1.25 bits per heavy atom. The molecule has 4 heteroatoms. The molecule has 1 aromatic rings. The Labute approximate surface area is 94.4 Å². The van der Waals surface area contributed by atoms with Crippen molar-refractivity contribution in [3.63, 3.8) is 0 Å². The quantitative estimate of drug-likeness (QED) is 0.783. The number of aliphatic imine (C=N–C) groups is 1. The predicted octanol–water partition coefficient (Wildman–Crippen LogP) is 1.23. The molecule has 1 unspecified atom stereocenters. The van der Waals surface area contributed by atoms with Crippen molar-refractivity contribution in [1.29, 1.82) is 0 Å². The van der Waals surface area contributed by atoms with Crippen molar-refractivity contribution in [3.8, 4) is 5.75 Å². The lowest BCUT2D eigenvalue weighted by Gasteiger charge is -2.26. The molecule has 1 saturated carbocycles. The van der Waals surface area contributed by atoms with E-state index < -0.39 is 0 Å². The summed E-state index contributed by atoms with van der Waals surface area (Å²) in [7, 11) is 0. The number of hydrogen-bond acceptors (Lipinski definition) is 4. The van der Waals surface area contributed by atoms with Crippen LogP contribution in [0.25, 0.3) is 0 Å². The van der Waals surface area contributed by atoms with Gasteiger partial charge < -0.3 is 15.7 Å². The second-order valence-corrected chi connectivity index (χ2v) is 4.44. The van der Waals surface area contributed by atoms with E-state index in [1.165, 1.54) is 18.4 Å². The Hall–Kier alpha value is -1.71. The van der Waals surface area contributed by atoms with Crippen LogP contribution in [0.2, 0.25) is 0 Å². The van der Waals surface area contributed by atoms with Gasteiger partial charge in [-0.3, -0.25) is 4.99 Å². The number of phenols is 1. The van der Waals surface area contributed by atoms with Crippen LogP contribution in [0.5, 0.6) is 5.75 Å². The maximum atomic E-state index is 9.27. The third-order valence-electron chi connectivity index (χ3n) is 3.24. The number of hydrogen-bond donors (Lipinski definition) is 2. The Bertz CT molecular complexity index is 422. The largest absolute Gasteiger partial charge is 0.508 e. The summed E-state index contributed by atoms with van der Waals surface area (Å²) < 4.78 is 0. The Morgan fingerprint density at radius 3 is 2.56 bits per heavy atom. The third kappa shape index (κ3) is 1.50. The lowest BCUT2D eigenvalue weighted by Crippen LogP contribution is -2.37. The van der Waals surface area contributed by atoms with Crippen LogP contribution in [0.3, 0.4) is 0 Å². The second kappa shape index (κ2) is 3.40. The SMILES string of the molecule is NC1=NCC(c2ccc(O)cc2)N1C1CC1. The molecule has 1 atom stereocenters. The molecular weight excluding hydrogens is 202 g/mol. The highest BCUT2D eigenvalue weighted by Crippen LogP contribution is 2.37.